The number of aromatic nitrogens is 1. The monoisotopic (exact) mass is 554 g/mol. The number of urea groups is 1. The van der Waals surface area contributed by atoms with Gasteiger partial charge in [-0.3, -0.25) is 9.59 Å². The summed E-state index contributed by atoms with van der Waals surface area (Å²) >= 11 is 1.01. The predicted molar refractivity (Wildman–Crippen MR) is 139 cm³/mol. The van der Waals surface area contributed by atoms with Gasteiger partial charge in [0, 0.05) is 11.8 Å². The largest absolute Gasteiger partial charge is 0.491 e. The topological polar surface area (TPSA) is 167 Å². The lowest BCUT2D eigenvalue weighted by atomic mass is 10.0. The van der Waals surface area contributed by atoms with E-state index in [1.165, 1.54) is 12.5 Å². The Morgan fingerprint density at radius 3 is 2.54 bits per heavy atom. The van der Waals surface area contributed by atoms with Crippen LogP contribution in [0.25, 0.3) is 0 Å². The maximum Gasteiger partial charge on any atom is 0.357 e. The number of rotatable bonds is 11. The van der Waals surface area contributed by atoms with Crippen LogP contribution in [0.2, 0.25) is 0 Å². The molecule has 1 aliphatic heterocycles. The molecule has 4 N–H and O–H groups in total. The molecule has 0 saturated carbocycles. The molecular weight excluding hydrogens is 528 g/mol. The van der Waals surface area contributed by atoms with Crippen molar-refractivity contribution in [3.8, 4) is 5.75 Å². The normalized spacial score (nSPS) is 16.4. The molecule has 12 nitrogen and oxygen atoms in total. The number of benzene rings is 2. The molecule has 0 aliphatic carbocycles. The molecule has 1 aromatic heterocycles. The van der Waals surface area contributed by atoms with E-state index < -0.39 is 48.6 Å². The van der Waals surface area contributed by atoms with E-state index in [0.29, 0.717) is 11.3 Å². The van der Waals surface area contributed by atoms with E-state index in [-0.39, 0.29) is 23.9 Å². The van der Waals surface area contributed by atoms with Gasteiger partial charge >= 0.3 is 12.0 Å². The lowest BCUT2D eigenvalue weighted by Gasteiger charge is -2.24. The second kappa shape index (κ2) is 12.5. The number of nitrogens with zero attached hydrogens (tertiary/aromatic N) is 2. The van der Waals surface area contributed by atoms with E-state index in [1.54, 1.807) is 48.5 Å². The molecule has 0 spiro atoms. The Bertz CT molecular complexity index is 1330. The fourth-order valence-corrected chi connectivity index (χ4v) is 4.56. The highest BCUT2D eigenvalue weighted by Crippen LogP contribution is 2.27. The number of thiazole rings is 1. The van der Waals surface area contributed by atoms with Gasteiger partial charge in [-0.15, -0.1) is 11.3 Å². The number of ether oxygens (including phenoxy) is 2. The highest BCUT2D eigenvalue weighted by atomic mass is 32.1. The van der Waals surface area contributed by atoms with Crippen molar-refractivity contribution in [2.24, 2.45) is 0 Å². The van der Waals surface area contributed by atoms with Crippen LogP contribution >= 0.6 is 11.3 Å². The first-order valence-corrected chi connectivity index (χ1v) is 12.7. The van der Waals surface area contributed by atoms with E-state index >= 15 is 0 Å². The summed E-state index contributed by atoms with van der Waals surface area (Å²) in [5.74, 6) is -1.53. The number of aliphatic hydroxyl groups is 2. The Morgan fingerprint density at radius 1 is 1.15 bits per heavy atom. The van der Waals surface area contributed by atoms with Crippen molar-refractivity contribution in [3.63, 3.8) is 0 Å². The number of carbonyl (C=O) groups is 4. The van der Waals surface area contributed by atoms with Crippen LogP contribution < -0.4 is 15.4 Å². The average molecular weight is 555 g/mol. The molecule has 0 radical (unpaired) electrons. The molecule has 4 amide bonds. The summed E-state index contributed by atoms with van der Waals surface area (Å²) in [7, 11) is 1.21. The van der Waals surface area contributed by atoms with Crippen LogP contribution in [0.1, 0.15) is 27.7 Å². The summed E-state index contributed by atoms with van der Waals surface area (Å²) in [5, 5.41) is 25.1. The third-order valence-electron chi connectivity index (χ3n) is 5.85. The molecule has 2 heterocycles. The number of imide groups is 1. The van der Waals surface area contributed by atoms with Crippen molar-refractivity contribution in [3.05, 3.63) is 76.8 Å². The van der Waals surface area contributed by atoms with Crippen molar-refractivity contribution in [2.75, 3.05) is 25.6 Å². The number of hydrogen-bond acceptors (Lipinski definition) is 10. The van der Waals surface area contributed by atoms with Gasteiger partial charge in [-0.1, -0.05) is 42.5 Å². The van der Waals surface area contributed by atoms with Crippen LogP contribution in [0.5, 0.6) is 5.75 Å². The maximum atomic E-state index is 13.5. The summed E-state index contributed by atoms with van der Waals surface area (Å²) < 4.78 is 10.0. The highest BCUT2D eigenvalue weighted by Gasteiger charge is 2.45. The molecule has 3 aromatic rings. The molecule has 3 atom stereocenters. The van der Waals surface area contributed by atoms with Gasteiger partial charge in [0.05, 0.1) is 13.7 Å². The number of aliphatic hydroxyl groups excluding tert-OH is 2. The molecule has 1 aliphatic rings. The lowest BCUT2D eigenvalue weighted by molar-refractivity contribution is -0.134. The first-order valence-electron chi connectivity index (χ1n) is 11.8. The van der Waals surface area contributed by atoms with Gasteiger partial charge in [-0.25, -0.2) is 19.5 Å². The van der Waals surface area contributed by atoms with Gasteiger partial charge in [0.1, 0.15) is 30.5 Å². The summed E-state index contributed by atoms with van der Waals surface area (Å²) in [4.78, 5) is 56.6. The molecule has 0 bridgehead atoms. The number of carbonyl (C=O) groups excluding carboxylic acids is 4. The van der Waals surface area contributed by atoms with Crippen LogP contribution in [-0.2, 0) is 20.7 Å². The zero-order valence-corrected chi connectivity index (χ0v) is 21.6. The highest BCUT2D eigenvalue weighted by molar-refractivity contribution is 7.14. The van der Waals surface area contributed by atoms with Crippen molar-refractivity contribution in [1.82, 2.24) is 15.2 Å². The van der Waals surface area contributed by atoms with Crippen molar-refractivity contribution >= 4 is 40.3 Å². The third-order valence-corrected chi connectivity index (χ3v) is 6.61. The van der Waals surface area contributed by atoms with E-state index in [2.05, 4.69) is 20.4 Å². The molecule has 0 unspecified atom stereocenters. The fourth-order valence-electron chi connectivity index (χ4n) is 3.87. The predicted octanol–water partition coefficient (Wildman–Crippen LogP) is 1.50. The summed E-state index contributed by atoms with van der Waals surface area (Å²) in [6.45, 7) is -0.553. The summed E-state index contributed by atoms with van der Waals surface area (Å²) in [6, 6.07) is 12.3. The number of amides is 4. The van der Waals surface area contributed by atoms with E-state index in [1.807, 2.05) is 6.07 Å². The van der Waals surface area contributed by atoms with Gasteiger partial charge in [0.2, 0.25) is 5.91 Å². The van der Waals surface area contributed by atoms with Crippen molar-refractivity contribution < 1.29 is 38.9 Å². The minimum absolute atomic E-state index is 0.0192. The number of esters is 1. The van der Waals surface area contributed by atoms with Gasteiger partial charge < -0.3 is 30.3 Å². The average Bonchev–Trinajstić information content (AvgIpc) is 3.54. The quantitative estimate of drug-likeness (QED) is 0.203. The molecule has 13 heteroatoms. The zero-order chi connectivity index (χ0) is 27.9. The second-order valence-corrected chi connectivity index (χ2v) is 9.39. The molecule has 39 heavy (non-hydrogen) atoms. The molecular formula is C26H26N4O8S. The molecule has 1 fully saturated rings. The van der Waals surface area contributed by atoms with Gasteiger partial charge in [0.25, 0.3) is 5.91 Å². The van der Waals surface area contributed by atoms with Crippen molar-refractivity contribution in [2.45, 2.75) is 24.6 Å². The minimum Gasteiger partial charge on any atom is -0.491 e. The van der Waals surface area contributed by atoms with Crippen LogP contribution in [0.3, 0.4) is 0 Å². The van der Waals surface area contributed by atoms with Crippen molar-refractivity contribution in [1.29, 1.82) is 0 Å². The summed E-state index contributed by atoms with van der Waals surface area (Å²) in [6.07, 6.45) is -0.980. The Morgan fingerprint density at radius 2 is 1.87 bits per heavy atom. The third kappa shape index (κ3) is 6.57. The Balaban J connectivity index is 1.54. The van der Waals surface area contributed by atoms with Gasteiger partial charge in [0.15, 0.2) is 10.8 Å². The number of anilines is 1. The fraction of sp³-hybridized carbons (Fsp3) is 0.269. The van der Waals surface area contributed by atoms with Crippen LogP contribution in [-0.4, -0.2) is 76.4 Å². The Kier molecular flexibility index (Phi) is 8.86. The molecule has 1 saturated heterocycles. The lowest BCUT2D eigenvalue weighted by Crippen LogP contribution is -2.49. The second-order valence-electron chi connectivity index (χ2n) is 8.53. The minimum atomic E-state index is -1.21. The standard InChI is InChI=1S/C26H26N4O8S/c1-37-24(35)19-14-39-25(27-19)29-22(33)20(11-15-5-3-2-4-6-15)30-23(34)21(28-26(30)36)16-7-9-18(10-8-16)38-13-17(32)12-31/h2-10,14,17,20-21,31-32H,11-13H2,1H3,(H,28,36)(H,27,29,33)/t17-,20+,21-/m1/s1. The molecule has 4 rings (SSSR count). The van der Waals surface area contributed by atoms with Crippen LogP contribution in [0.4, 0.5) is 9.93 Å². The molecule has 204 valence electrons. The number of methoxy groups -OCH3 is 1. The maximum absolute atomic E-state index is 13.5. The smallest absolute Gasteiger partial charge is 0.357 e. The number of hydrogen-bond donors (Lipinski definition) is 4. The molecule has 2 aromatic carbocycles. The van der Waals surface area contributed by atoms with Crippen LogP contribution in [0, 0.1) is 0 Å². The van der Waals surface area contributed by atoms with E-state index in [4.69, 9.17) is 9.84 Å². The SMILES string of the molecule is COC(=O)c1csc(NC(=O)[C@H](Cc2ccccc2)N2C(=O)N[C@H](c3ccc(OC[C@H](O)CO)cc3)C2=O)n1. The Hall–Kier alpha value is -4.33. The van der Waals surface area contributed by atoms with E-state index in [0.717, 1.165) is 21.8 Å². The summed E-state index contributed by atoms with van der Waals surface area (Å²) in [5.41, 5.74) is 1.21. The van der Waals surface area contributed by atoms with Gasteiger partial charge in [-0.2, -0.15) is 0 Å². The van der Waals surface area contributed by atoms with E-state index in [9.17, 15) is 24.3 Å². The number of nitrogens with one attached hydrogen (secondary N) is 2. The first-order chi connectivity index (χ1) is 18.8. The zero-order valence-electron chi connectivity index (χ0n) is 20.8. The van der Waals surface area contributed by atoms with Gasteiger partial charge in [-0.05, 0) is 23.3 Å². The first kappa shape index (κ1) is 27.7. The van der Waals surface area contributed by atoms with Crippen LogP contribution in [0.15, 0.2) is 60.0 Å². The Labute approximate surface area is 227 Å².